The Kier molecular flexibility index (Phi) is 6.48. The Morgan fingerprint density at radius 1 is 1.12 bits per heavy atom. The van der Waals surface area contributed by atoms with Crippen molar-refractivity contribution in [3.05, 3.63) is 24.4 Å². The van der Waals surface area contributed by atoms with E-state index in [4.69, 9.17) is 0 Å². The molecule has 1 amide bonds. The summed E-state index contributed by atoms with van der Waals surface area (Å²) in [5, 5.41) is 2.82. The second-order valence-corrected chi connectivity index (χ2v) is 9.10. The van der Waals surface area contributed by atoms with Gasteiger partial charge in [0.05, 0.1) is 5.75 Å². The van der Waals surface area contributed by atoms with Gasteiger partial charge in [-0.25, -0.2) is 13.4 Å². The third-order valence-corrected chi connectivity index (χ3v) is 7.11. The van der Waals surface area contributed by atoms with Crippen LogP contribution in [-0.2, 0) is 14.8 Å². The van der Waals surface area contributed by atoms with Crippen molar-refractivity contribution in [1.82, 2.24) is 14.6 Å². The number of sulfonamides is 1. The van der Waals surface area contributed by atoms with Crippen LogP contribution < -0.4 is 10.2 Å². The predicted octanol–water partition coefficient (Wildman–Crippen LogP) is 1.23. The molecule has 0 atom stereocenters. The van der Waals surface area contributed by atoms with Crippen LogP contribution in [0.5, 0.6) is 0 Å². The molecule has 0 aromatic carbocycles. The summed E-state index contributed by atoms with van der Waals surface area (Å²) < 4.78 is 26.6. The van der Waals surface area contributed by atoms with E-state index in [2.05, 4.69) is 15.2 Å². The van der Waals surface area contributed by atoms with Crippen molar-refractivity contribution >= 4 is 21.7 Å². The molecular weight excluding hydrogens is 352 g/mol. The van der Waals surface area contributed by atoms with E-state index >= 15 is 0 Å². The summed E-state index contributed by atoms with van der Waals surface area (Å²) in [5.41, 5.74) is 0. The molecular formula is C18H28N4O3S. The van der Waals surface area contributed by atoms with E-state index in [-0.39, 0.29) is 24.1 Å². The van der Waals surface area contributed by atoms with Crippen LogP contribution in [0.1, 0.15) is 32.1 Å². The first-order valence-corrected chi connectivity index (χ1v) is 11.1. The minimum Gasteiger partial charge on any atom is -0.355 e. The van der Waals surface area contributed by atoms with Gasteiger partial charge in [-0.2, -0.15) is 4.31 Å². The molecule has 1 saturated heterocycles. The lowest BCUT2D eigenvalue weighted by atomic mass is 9.89. The molecule has 1 aromatic heterocycles. The maximum Gasteiger partial charge on any atom is 0.223 e. The lowest BCUT2D eigenvalue weighted by Gasteiger charge is -2.34. The van der Waals surface area contributed by atoms with E-state index in [1.165, 1.54) is 10.7 Å². The molecule has 1 N–H and O–H groups in total. The molecule has 0 radical (unpaired) electrons. The summed E-state index contributed by atoms with van der Waals surface area (Å²) >= 11 is 0. The molecule has 144 valence electrons. The number of nitrogens with zero attached hydrogens (tertiary/aromatic N) is 3. The number of nitrogens with one attached hydrogen (secondary N) is 1. The summed E-state index contributed by atoms with van der Waals surface area (Å²) in [6.45, 7) is 2.36. The third kappa shape index (κ3) is 4.94. The molecule has 0 unspecified atom stereocenters. The number of amides is 1. The number of hydrogen-bond donors (Lipinski definition) is 1. The first-order chi connectivity index (χ1) is 12.6. The third-order valence-electron chi connectivity index (χ3n) is 5.24. The Labute approximate surface area is 155 Å². The van der Waals surface area contributed by atoms with Crippen LogP contribution in [0.3, 0.4) is 0 Å². The van der Waals surface area contributed by atoms with Crippen molar-refractivity contribution in [2.75, 3.05) is 43.4 Å². The van der Waals surface area contributed by atoms with Gasteiger partial charge in [0.2, 0.25) is 15.9 Å². The average Bonchev–Trinajstić information content (AvgIpc) is 2.69. The summed E-state index contributed by atoms with van der Waals surface area (Å²) in [6, 6.07) is 5.73. The number of rotatable bonds is 6. The monoisotopic (exact) mass is 380 g/mol. The van der Waals surface area contributed by atoms with Crippen LogP contribution in [-0.4, -0.2) is 62.1 Å². The second-order valence-electron chi connectivity index (χ2n) is 7.02. The molecule has 1 saturated carbocycles. The Hall–Kier alpha value is -1.67. The van der Waals surface area contributed by atoms with Gasteiger partial charge in [0.25, 0.3) is 0 Å². The maximum absolute atomic E-state index is 12.5. The highest BCUT2D eigenvalue weighted by Gasteiger charge is 2.28. The van der Waals surface area contributed by atoms with E-state index in [1.54, 1.807) is 6.20 Å². The molecule has 26 heavy (non-hydrogen) atoms. The molecule has 1 aliphatic carbocycles. The Bertz CT molecular complexity index is 682. The van der Waals surface area contributed by atoms with E-state index < -0.39 is 10.0 Å². The van der Waals surface area contributed by atoms with E-state index in [1.807, 2.05) is 18.2 Å². The largest absolute Gasteiger partial charge is 0.355 e. The van der Waals surface area contributed by atoms with Crippen LogP contribution >= 0.6 is 0 Å². The molecule has 8 heteroatoms. The highest BCUT2D eigenvalue weighted by molar-refractivity contribution is 7.89. The zero-order chi connectivity index (χ0) is 18.4. The van der Waals surface area contributed by atoms with E-state index in [0.29, 0.717) is 26.2 Å². The lowest BCUT2D eigenvalue weighted by molar-refractivity contribution is -0.125. The van der Waals surface area contributed by atoms with Gasteiger partial charge in [0.15, 0.2) is 0 Å². The van der Waals surface area contributed by atoms with Gasteiger partial charge in [0, 0.05) is 44.8 Å². The summed E-state index contributed by atoms with van der Waals surface area (Å²) in [4.78, 5) is 18.5. The van der Waals surface area contributed by atoms with Gasteiger partial charge >= 0.3 is 0 Å². The Balaban J connectivity index is 1.43. The van der Waals surface area contributed by atoms with Gasteiger partial charge < -0.3 is 10.2 Å². The number of piperazine rings is 1. The zero-order valence-electron chi connectivity index (χ0n) is 15.1. The number of pyridine rings is 1. The van der Waals surface area contributed by atoms with Gasteiger partial charge in [-0.3, -0.25) is 4.79 Å². The summed E-state index contributed by atoms with van der Waals surface area (Å²) in [5.74, 6) is 0.923. The van der Waals surface area contributed by atoms with Crippen molar-refractivity contribution < 1.29 is 13.2 Å². The topological polar surface area (TPSA) is 82.6 Å². The van der Waals surface area contributed by atoms with Crippen molar-refractivity contribution in [3.63, 3.8) is 0 Å². The standard InChI is InChI=1S/C18H28N4O3S/c23-18(16-6-2-1-3-7-16)20-10-15-26(24,25)22-13-11-21(12-14-22)17-8-4-5-9-19-17/h4-5,8-9,16H,1-3,6-7,10-15H2,(H,20,23). The molecule has 1 aromatic rings. The molecule has 0 spiro atoms. The molecule has 2 aliphatic rings. The number of aromatic nitrogens is 1. The lowest BCUT2D eigenvalue weighted by Crippen LogP contribution is -2.50. The number of anilines is 1. The Morgan fingerprint density at radius 3 is 2.50 bits per heavy atom. The number of hydrogen-bond acceptors (Lipinski definition) is 5. The zero-order valence-corrected chi connectivity index (χ0v) is 16.0. The van der Waals surface area contributed by atoms with Gasteiger partial charge in [-0.1, -0.05) is 25.3 Å². The first kappa shape index (κ1) is 19.1. The van der Waals surface area contributed by atoms with Gasteiger partial charge in [0.1, 0.15) is 5.82 Å². The summed E-state index contributed by atoms with van der Waals surface area (Å²) in [6.07, 6.45) is 6.98. The van der Waals surface area contributed by atoms with Crippen LogP contribution in [0.15, 0.2) is 24.4 Å². The van der Waals surface area contributed by atoms with Gasteiger partial charge in [-0.05, 0) is 25.0 Å². The SMILES string of the molecule is O=C(NCCS(=O)(=O)N1CCN(c2ccccn2)CC1)C1CCCCC1. The normalized spacial score (nSPS) is 20.1. The fraction of sp³-hybridized carbons (Fsp3) is 0.667. The van der Waals surface area contributed by atoms with E-state index in [0.717, 1.165) is 31.5 Å². The van der Waals surface area contributed by atoms with Gasteiger partial charge in [-0.15, -0.1) is 0 Å². The molecule has 7 nitrogen and oxygen atoms in total. The minimum absolute atomic E-state index is 0.0138. The maximum atomic E-state index is 12.5. The van der Waals surface area contributed by atoms with Crippen LogP contribution in [0.4, 0.5) is 5.82 Å². The average molecular weight is 381 g/mol. The summed E-state index contributed by atoms with van der Waals surface area (Å²) in [7, 11) is -3.34. The van der Waals surface area contributed by atoms with Crippen molar-refractivity contribution in [2.45, 2.75) is 32.1 Å². The molecule has 1 aliphatic heterocycles. The fourth-order valence-corrected chi connectivity index (χ4v) is 5.02. The van der Waals surface area contributed by atoms with Crippen LogP contribution in [0, 0.1) is 5.92 Å². The highest BCUT2D eigenvalue weighted by atomic mass is 32.2. The minimum atomic E-state index is -3.34. The van der Waals surface area contributed by atoms with Crippen LogP contribution in [0.2, 0.25) is 0 Å². The predicted molar refractivity (Wildman–Crippen MR) is 101 cm³/mol. The highest BCUT2D eigenvalue weighted by Crippen LogP contribution is 2.23. The smallest absolute Gasteiger partial charge is 0.223 e. The molecule has 3 rings (SSSR count). The number of carbonyl (C=O) groups excluding carboxylic acids is 1. The first-order valence-electron chi connectivity index (χ1n) is 9.48. The second kappa shape index (κ2) is 8.81. The molecule has 2 heterocycles. The Morgan fingerprint density at radius 2 is 1.85 bits per heavy atom. The number of carbonyl (C=O) groups is 1. The fourth-order valence-electron chi connectivity index (χ4n) is 3.68. The molecule has 0 bridgehead atoms. The van der Waals surface area contributed by atoms with Crippen molar-refractivity contribution in [3.8, 4) is 0 Å². The van der Waals surface area contributed by atoms with Crippen LogP contribution in [0.25, 0.3) is 0 Å². The van der Waals surface area contributed by atoms with E-state index in [9.17, 15) is 13.2 Å². The van der Waals surface area contributed by atoms with Crippen molar-refractivity contribution in [2.24, 2.45) is 5.92 Å². The molecule has 2 fully saturated rings. The van der Waals surface area contributed by atoms with Crippen molar-refractivity contribution in [1.29, 1.82) is 0 Å². The quantitative estimate of drug-likeness (QED) is 0.803.